The Kier molecular flexibility index (Phi) is 6.61. The average Bonchev–Trinajstić information content (AvgIpc) is 3.56. The molecule has 1 saturated heterocycles. The van der Waals surface area contributed by atoms with Crippen LogP contribution in [-0.4, -0.2) is 46.2 Å². The zero-order chi connectivity index (χ0) is 26.1. The number of hydrogen-bond acceptors (Lipinski definition) is 6. The summed E-state index contributed by atoms with van der Waals surface area (Å²) in [7, 11) is 1.55. The van der Waals surface area contributed by atoms with Gasteiger partial charge >= 0.3 is 0 Å². The molecule has 1 aliphatic rings. The van der Waals surface area contributed by atoms with E-state index in [4.69, 9.17) is 9.72 Å². The van der Waals surface area contributed by atoms with E-state index in [1.807, 2.05) is 36.4 Å². The molecule has 3 heterocycles. The summed E-state index contributed by atoms with van der Waals surface area (Å²) >= 11 is 1.58. The van der Waals surface area contributed by atoms with Crippen molar-refractivity contribution in [2.75, 3.05) is 20.2 Å². The van der Waals surface area contributed by atoms with Gasteiger partial charge in [0.1, 0.15) is 22.3 Å². The summed E-state index contributed by atoms with van der Waals surface area (Å²) < 4.78 is 20.9. The molecule has 0 atom stereocenters. The lowest BCUT2D eigenvalue weighted by molar-refractivity contribution is 0.0969. The zero-order valence-electron chi connectivity index (χ0n) is 20.8. The summed E-state index contributed by atoms with van der Waals surface area (Å²) in [5.74, 6) is 0.0895. The van der Waals surface area contributed by atoms with Crippen LogP contribution in [0, 0.1) is 5.82 Å². The van der Waals surface area contributed by atoms with Crippen molar-refractivity contribution in [3.05, 3.63) is 89.4 Å². The normalized spacial score (nSPS) is 15.4. The van der Waals surface area contributed by atoms with E-state index >= 15 is 0 Å². The molecule has 38 heavy (non-hydrogen) atoms. The third-order valence-electron chi connectivity index (χ3n) is 6.81. The molecule has 0 bridgehead atoms. The number of aromatic amines is 1. The van der Waals surface area contributed by atoms with Gasteiger partial charge in [-0.2, -0.15) is 5.10 Å². The maximum atomic E-state index is 14.4. The second-order valence-corrected chi connectivity index (χ2v) is 10.4. The second-order valence-electron chi connectivity index (χ2n) is 9.33. The number of benzene rings is 3. The summed E-state index contributed by atoms with van der Waals surface area (Å²) in [5, 5.41) is 12.1. The van der Waals surface area contributed by atoms with Gasteiger partial charge in [-0.1, -0.05) is 18.2 Å². The number of methoxy groups -OCH3 is 1. The van der Waals surface area contributed by atoms with Crippen molar-refractivity contribution in [3.63, 3.8) is 0 Å². The standard InChI is InChI=1S/C29H26FN5O2S/c1-37-25-9-4-7-22(30)21(25)17-35-13-5-6-18(16-35)15-31-28(36)19-11-12-23-20(14-19)27(34-33-23)29-32-24-8-2-3-10-26(24)38-29/h2-4,7-12,14-15H,5-6,13,16-17H2,1H3,(H,31,36)(H,33,34)/b18-15-. The highest BCUT2D eigenvalue weighted by molar-refractivity contribution is 7.21. The molecule has 6 rings (SSSR count). The van der Waals surface area contributed by atoms with Crippen LogP contribution in [0.1, 0.15) is 28.8 Å². The van der Waals surface area contributed by atoms with E-state index in [9.17, 15) is 9.18 Å². The number of thiazole rings is 1. The van der Waals surface area contributed by atoms with Gasteiger partial charge in [0.05, 0.1) is 22.8 Å². The Balaban J connectivity index is 1.18. The number of likely N-dealkylation sites (tertiary alicyclic amines) is 1. The lowest BCUT2D eigenvalue weighted by Crippen LogP contribution is -2.32. The Bertz CT molecular complexity index is 1640. The minimum atomic E-state index is -0.270. The first-order valence-electron chi connectivity index (χ1n) is 12.5. The van der Waals surface area contributed by atoms with Gasteiger partial charge in [-0.25, -0.2) is 9.37 Å². The van der Waals surface area contributed by atoms with Crippen molar-refractivity contribution in [3.8, 4) is 16.5 Å². The Morgan fingerprint density at radius 2 is 2.11 bits per heavy atom. The van der Waals surface area contributed by atoms with Crippen LogP contribution in [0.25, 0.3) is 31.8 Å². The van der Waals surface area contributed by atoms with Crippen LogP contribution in [0.15, 0.2) is 72.4 Å². The summed E-state index contributed by atoms with van der Waals surface area (Å²) in [6.07, 6.45) is 3.61. The van der Waals surface area contributed by atoms with E-state index in [1.165, 1.54) is 6.07 Å². The monoisotopic (exact) mass is 527 g/mol. The molecule has 0 radical (unpaired) electrons. The van der Waals surface area contributed by atoms with Crippen LogP contribution in [0.2, 0.25) is 0 Å². The molecular formula is C29H26FN5O2S. The maximum absolute atomic E-state index is 14.4. The predicted molar refractivity (Wildman–Crippen MR) is 148 cm³/mol. The number of fused-ring (bicyclic) bond motifs is 2. The molecule has 0 spiro atoms. The summed E-state index contributed by atoms with van der Waals surface area (Å²) in [4.78, 5) is 20.0. The highest BCUT2D eigenvalue weighted by Crippen LogP contribution is 2.33. The van der Waals surface area contributed by atoms with E-state index < -0.39 is 0 Å². The van der Waals surface area contributed by atoms with Crippen molar-refractivity contribution < 1.29 is 13.9 Å². The molecule has 0 saturated carbocycles. The van der Waals surface area contributed by atoms with E-state index in [-0.39, 0.29) is 11.7 Å². The van der Waals surface area contributed by atoms with Crippen molar-refractivity contribution in [1.82, 2.24) is 25.4 Å². The molecule has 1 aliphatic heterocycles. The summed E-state index contributed by atoms with van der Waals surface area (Å²) in [6, 6.07) is 18.4. The molecule has 0 aliphatic carbocycles. The Labute approximate surface area is 223 Å². The number of rotatable bonds is 6. The lowest BCUT2D eigenvalue weighted by Gasteiger charge is -2.29. The topological polar surface area (TPSA) is 83.1 Å². The number of H-pyrrole nitrogens is 1. The van der Waals surface area contributed by atoms with Crippen molar-refractivity contribution in [2.45, 2.75) is 19.4 Å². The largest absolute Gasteiger partial charge is 0.496 e. The summed E-state index contributed by atoms with van der Waals surface area (Å²) in [5.41, 5.74) is 4.71. The fourth-order valence-electron chi connectivity index (χ4n) is 4.88. The van der Waals surface area contributed by atoms with Crippen LogP contribution >= 0.6 is 11.3 Å². The molecule has 3 aromatic carbocycles. The molecule has 0 unspecified atom stereocenters. The Morgan fingerprint density at radius 3 is 2.97 bits per heavy atom. The van der Waals surface area contributed by atoms with Gasteiger partial charge in [-0.3, -0.25) is 14.8 Å². The van der Waals surface area contributed by atoms with Gasteiger partial charge in [0.15, 0.2) is 0 Å². The van der Waals surface area contributed by atoms with Crippen LogP contribution in [-0.2, 0) is 6.54 Å². The van der Waals surface area contributed by atoms with Crippen LogP contribution in [0.4, 0.5) is 4.39 Å². The van der Waals surface area contributed by atoms with E-state index in [1.54, 1.807) is 42.8 Å². The van der Waals surface area contributed by atoms with Gasteiger partial charge in [0.2, 0.25) is 0 Å². The first kappa shape index (κ1) is 24.3. The molecule has 1 amide bonds. The highest BCUT2D eigenvalue weighted by Gasteiger charge is 2.19. The second kappa shape index (κ2) is 10.4. The highest BCUT2D eigenvalue weighted by atomic mass is 32.1. The zero-order valence-corrected chi connectivity index (χ0v) is 21.6. The number of hydrogen-bond donors (Lipinski definition) is 2. The smallest absolute Gasteiger partial charge is 0.255 e. The number of piperidine rings is 1. The number of aromatic nitrogens is 3. The molecule has 2 N–H and O–H groups in total. The van der Waals surface area contributed by atoms with Crippen LogP contribution in [0.5, 0.6) is 5.75 Å². The van der Waals surface area contributed by atoms with Crippen LogP contribution in [0.3, 0.4) is 0 Å². The van der Waals surface area contributed by atoms with Gasteiger partial charge in [0, 0.05) is 35.8 Å². The number of carbonyl (C=O) groups is 1. The minimum absolute atomic E-state index is 0.191. The maximum Gasteiger partial charge on any atom is 0.255 e. The first-order chi connectivity index (χ1) is 18.6. The number of nitrogens with one attached hydrogen (secondary N) is 2. The third kappa shape index (κ3) is 4.78. The average molecular weight is 528 g/mol. The Morgan fingerprint density at radius 1 is 1.21 bits per heavy atom. The molecule has 1 fully saturated rings. The van der Waals surface area contributed by atoms with Crippen molar-refractivity contribution in [2.24, 2.45) is 0 Å². The molecule has 9 heteroatoms. The fourth-order valence-corrected chi connectivity index (χ4v) is 5.85. The quantitative estimate of drug-likeness (QED) is 0.287. The third-order valence-corrected chi connectivity index (χ3v) is 7.85. The fraction of sp³-hybridized carbons (Fsp3) is 0.207. The summed E-state index contributed by atoms with van der Waals surface area (Å²) in [6.45, 7) is 1.96. The van der Waals surface area contributed by atoms with Gasteiger partial charge < -0.3 is 10.1 Å². The number of ether oxygens (including phenoxy) is 1. The number of amides is 1. The van der Waals surface area contributed by atoms with E-state index in [0.717, 1.165) is 56.8 Å². The molecule has 5 aromatic rings. The van der Waals surface area contributed by atoms with E-state index in [0.29, 0.717) is 30.0 Å². The van der Waals surface area contributed by atoms with Crippen molar-refractivity contribution in [1.29, 1.82) is 0 Å². The van der Waals surface area contributed by atoms with Gasteiger partial charge in [0.25, 0.3) is 5.91 Å². The van der Waals surface area contributed by atoms with Gasteiger partial charge in [-0.05, 0) is 67.4 Å². The first-order valence-corrected chi connectivity index (χ1v) is 13.3. The molecule has 192 valence electrons. The van der Waals surface area contributed by atoms with Crippen LogP contribution < -0.4 is 10.1 Å². The Hall–Kier alpha value is -4.08. The minimum Gasteiger partial charge on any atom is -0.496 e. The number of carbonyl (C=O) groups excluding carboxylic acids is 1. The molecule has 7 nitrogen and oxygen atoms in total. The number of para-hydroxylation sites is 1. The predicted octanol–water partition coefficient (Wildman–Crippen LogP) is 5.90. The van der Waals surface area contributed by atoms with Crippen molar-refractivity contribution >= 4 is 38.4 Å². The molecule has 2 aromatic heterocycles. The SMILES string of the molecule is COc1cccc(F)c1CN1CCC/C(=C/NC(=O)c2ccc3[nH]nc(-c4nc5ccccc5s4)c3c2)C1. The molecular weight excluding hydrogens is 501 g/mol. The van der Waals surface area contributed by atoms with E-state index in [2.05, 4.69) is 20.4 Å². The lowest BCUT2D eigenvalue weighted by atomic mass is 10.0. The number of halogens is 1. The van der Waals surface area contributed by atoms with Gasteiger partial charge in [-0.15, -0.1) is 11.3 Å². The number of nitrogens with zero attached hydrogens (tertiary/aromatic N) is 3.